The summed E-state index contributed by atoms with van der Waals surface area (Å²) in [6.07, 6.45) is 6.19. The van der Waals surface area contributed by atoms with Gasteiger partial charge in [0.15, 0.2) is 0 Å². The third kappa shape index (κ3) is 4.26. The molecule has 0 amide bonds. The molecule has 0 fully saturated rings. The molecule has 0 radical (unpaired) electrons. The van der Waals surface area contributed by atoms with E-state index in [1.165, 1.54) is 5.56 Å². The van der Waals surface area contributed by atoms with Gasteiger partial charge in [0.2, 0.25) is 0 Å². The van der Waals surface area contributed by atoms with Crippen molar-refractivity contribution in [2.24, 2.45) is 0 Å². The van der Waals surface area contributed by atoms with E-state index in [9.17, 15) is 0 Å². The Morgan fingerprint density at radius 1 is 1.47 bits per heavy atom. The molecule has 0 saturated carbocycles. The van der Waals surface area contributed by atoms with Crippen molar-refractivity contribution in [3.8, 4) is 0 Å². The molecular weight excluding hydrogens is 206 g/mol. The second-order valence-electron chi connectivity index (χ2n) is 4.16. The lowest BCUT2D eigenvalue weighted by Crippen LogP contribution is -2.27. The molecule has 1 N–H and O–H groups in total. The van der Waals surface area contributed by atoms with E-state index in [4.69, 9.17) is 0 Å². The van der Waals surface area contributed by atoms with Crippen molar-refractivity contribution < 1.29 is 0 Å². The summed E-state index contributed by atoms with van der Waals surface area (Å²) in [7, 11) is 0. The summed E-state index contributed by atoms with van der Waals surface area (Å²) < 4.78 is 2.00. The smallest absolute Gasteiger partial charge is 0.0534 e. The zero-order valence-electron chi connectivity index (χ0n) is 10.0. The zero-order valence-corrected chi connectivity index (χ0v) is 10.8. The first-order chi connectivity index (χ1) is 7.13. The Hall–Kier alpha value is -0.480. The molecule has 1 rings (SSSR count). The minimum Gasteiger partial charge on any atom is -0.309 e. The Morgan fingerprint density at radius 3 is 2.73 bits per heavy atom. The van der Waals surface area contributed by atoms with Crippen LogP contribution in [0.5, 0.6) is 0 Å². The summed E-state index contributed by atoms with van der Waals surface area (Å²) >= 11 is 1.87. The summed E-state index contributed by atoms with van der Waals surface area (Å²) in [5.74, 6) is 1.15. The largest absolute Gasteiger partial charge is 0.309 e. The van der Waals surface area contributed by atoms with Crippen LogP contribution < -0.4 is 5.32 Å². The fraction of sp³-hybridized carbons (Fsp3) is 0.727. The fourth-order valence-corrected chi connectivity index (χ4v) is 1.97. The van der Waals surface area contributed by atoms with E-state index in [2.05, 4.69) is 43.6 Å². The van der Waals surface area contributed by atoms with Crippen molar-refractivity contribution in [3.63, 3.8) is 0 Å². The average Bonchev–Trinajstić information content (AvgIpc) is 2.63. The maximum atomic E-state index is 4.31. The highest BCUT2D eigenvalue weighted by molar-refractivity contribution is 7.98. The SMILES string of the molecule is CSCC(C)NCc1cnn(C(C)C)c1. The highest BCUT2D eigenvalue weighted by atomic mass is 32.2. The fourth-order valence-electron chi connectivity index (χ4n) is 1.35. The predicted molar refractivity (Wildman–Crippen MR) is 67.3 cm³/mol. The lowest BCUT2D eigenvalue weighted by atomic mass is 10.3. The highest BCUT2D eigenvalue weighted by Crippen LogP contribution is 2.05. The molecule has 86 valence electrons. The summed E-state index contributed by atoms with van der Waals surface area (Å²) in [5, 5.41) is 7.79. The maximum Gasteiger partial charge on any atom is 0.0534 e. The Morgan fingerprint density at radius 2 is 2.20 bits per heavy atom. The van der Waals surface area contributed by atoms with E-state index in [-0.39, 0.29) is 0 Å². The number of aromatic nitrogens is 2. The van der Waals surface area contributed by atoms with E-state index in [1.807, 2.05) is 22.6 Å². The van der Waals surface area contributed by atoms with Crippen LogP contribution in [-0.2, 0) is 6.54 Å². The van der Waals surface area contributed by atoms with Crippen molar-refractivity contribution in [1.82, 2.24) is 15.1 Å². The van der Waals surface area contributed by atoms with Crippen LogP contribution in [0.3, 0.4) is 0 Å². The number of rotatable bonds is 6. The molecule has 0 spiro atoms. The maximum absolute atomic E-state index is 4.31. The second-order valence-corrected chi connectivity index (χ2v) is 5.07. The molecule has 0 saturated heterocycles. The van der Waals surface area contributed by atoms with E-state index in [0.29, 0.717) is 12.1 Å². The number of thioether (sulfide) groups is 1. The molecule has 3 nitrogen and oxygen atoms in total. The predicted octanol–water partition coefficient (Wildman–Crippen LogP) is 2.31. The summed E-state index contributed by atoms with van der Waals surface area (Å²) in [6.45, 7) is 7.40. The van der Waals surface area contributed by atoms with E-state index >= 15 is 0 Å². The Kier molecular flexibility index (Phi) is 5.19. The van der Waals surface area contributed by atoms with Crippen LogP contribution in [0.2, 0.25) is 0 Å². The molecule has 0 aliphatic rings. The molecule has 1 unspecified atom stereocenters. The van der Waals surface area contributed by atoms with Crippen molar-refractivity contribution in [3.05, 3.63) is 18.0 Å². The third-order valence-corrected chi connectivity index (χ3v) is 3.09. The Bertz CT molecular complexity index is 283. The first kappa shape index (κ1) is 12.6. The molecule has 0 bridgehead atoms. The van der Waals surface area contributed by atoms with Crippen molar-refractivity contribution >= 4 is 11.8 Å². The van der Waals surface area contributed by atoms with E-state index in [0.717, 1.165) is 12.3 Å². The normalized spacial score (nSPS) is 13.4. The standard InChI is InChI=1S/C11H21N3S/c1-9(2)14-7-11(6-13-14)5-12-10(3)8-15-4/h6-7,9-10,12H,5,8H2,1-4H3. The molecule has 0 aliphatic carbocycles. The molecule has 4 heteroatoms. The van der Waals surface area contributed by atoms with Crippen LogP contribution in [0.15, 0.2) is 12.4 Å². The lowest BCUT2D eigenvalue weighted by molar-refractivity contribution is 0.531. The molecule has 1 aromatic heterocycles. The average molecular weight is 227 g/mol. The first-order valence-corrected chi connectivity index (χ1v) is 6.78. The quantitative estimate of drug-likeness (QED) is 0.809. The van der Waals surface area contributed by atoms with Crippen LogP contribution in [0, 0.1) is 0 Å². The van der Waals surface area contributed by atoms with Gasteiger partial charge in [-0.1, -0.05) is 0 Å². The molecule has 15 heavy (non-hydrogen) atoms. The van der Waals surface area contributed by atoms with Crippen LogP contribution in [-0.4, -0.2) is 27.8 Å². The minimum atomic E-state index is 0.447. The number of nitrogens with zero attached hydrogens (tertiary/aromatic N) is 2. The number of hydrogen-bond donors (Lipinski definition) is 1. The van der Waals surface area contributed by atoms with Crippen LogP contribution >= 0.6 is 11.8 Å². The Labute approximate surface area is 96.6 Å². The summed E-state index contributed by atoms with van der Waals surface area (Å²) in [4.78, 5) is 0. The molecule has 1 aromatic rings. The van der Waals surface area contributed by atoms with Gasteiger partial charge in [-0.2, -0.15) is 16.9 Å². The van der Waals surface area contributed by atoms with Crippen molar-refractivity contribution in [2.75, 3.05) is 12.0 Å². The van der Waals surface area contributed by atoms with Gasteiger partial charge in [0.05, 0.1) is 6.20 Å². The number of hydrogen-bond acceptors (Lipinski definition) is 3. The topological polar surface area (TPSA) is 29.9 Å². The second kappa shape index (κ2) is 6.18. The van der Waals surface area contributed by atoms with Gasteiger partial charge in [-0.15, -0.1) is 0 Å². The molecule has 1 atom stereocenters. The van der Waals surface area contributed by atoms with Crippen LogP contribution in [0.4, 0.5) is 0 Å². The van der Waals surface area contributed by atoms with Gasteiger partial charge in [-0.25, -0.2) is 0 Å². The summed E-state index contributed by atoms with van der Waals surface area (Å²) in [6, 6.07) is 1.00. The van der Waals surface area contributed by atoms with Gasteiger partial charge in [-0.05, 0) is 27.0 Å². The van der Waals surface area contributed by atoms with E-state index < -0.39 is 0 Å². The van der Waals surface area contributed by atoms with Gasteiger partial charge >= 0.3 is 0 Å². The van der Waals surface area contributed by atoms with Crippen molar-refractivity contribution in [1.29, 1.82) is 0 Å². The van der Waals surface area contributed by atoms with E-state index in [1.54, 1.807) is 0 Å². The third-order valence-electron chi connectivity index (χ3n) is 2.26. The molecule has 0 aliphatic heterocycles. The summed E-state index contributed by atoms with van der Waals surface area (Å²) in [5.41, 5.74) is 1.26. The van der Waals surface area contributed by atoms with Gasteiger partial charge in [0.25, 0.3) is 0 Å². The lowest BCUT2D eigenvalue weighted by Gasteiger charge is -2.10. The molecule has 0 aromatic carbocycles. The first-order valence-electron chi connectivity index (χ1n) is 5.38. The zero-order chi connectivity index (χ0) is 11.3. The van der Waals surface area contributed by atoms with Gasteiger partial charge in [0.1, 0.15) is 0 Å². The Balaban J connectivity index is 2.37. The number of nitrogens with one attached hydrogen (secondary N) is 1. The van der Waals surface area contributed by atoms with Crippen LogP contribution in [0.1, 0.15) is 32.4 Å². The van der Waals surface area contributed by atoms with Crippen LogP contribution in [0.25, 0.3) is 0 Å². The highest BCUT2D eigenvalue weighted by Gasteiger charge is 2.03. The monoisotopic (exact) mass is 227 g/mol. The minimum absolute atomic E-state index is 0.447. The van der Waals surface area contributed by atoms with Gasteiger partial charge in [0, 0.05) is 36.1 Å². The molecule has 1 heterocycles. The molecular formula is C11H21N3S. The van der Waals surface area contributed by atoms with Gasteiger partial charge < -0.3 is 5.32 Å². The van der Waals surface area contributed by atoms with Crippen molar-refractivity contribution in [2.45, 2.75) is 39.4 Å². The van der Waals surface area contributed by atoms with Gasteiger partial charge in [-0.3, -0.25) is 4.68 Å².